The van der Waals surface area contributed by atoms with E-state index in [2.05, 4.69) is 80.6 Å². The van der Waals surface area contributed by atoms with Crippen LogP contribution in [0.25, 0.3) is 5.57 Å². The molecule has 7 heteroatoms. The summed E-state index contributed by atoms with van der Waals surface area (Å²) >= 11 is 0. The second-order valence-electron chi connectivity index (χ2n) is 11.7. The van der Waals surface area contributed by atoms with Gasteiger partial charge in [0.2, 0.25) is 0 Å². The molecule has 4 fully saturated rings. The van der Waals surface area contributed by atoms with E-state index < -0.39 is 7.25 Å². The average molecular weight is 530 g/mol. The number of carbonyl (C=O) groups excluding carboxylic acids is 1. The molecule has 2 aromatic carbocycles. The largest absolute Gasteiger partial charge is 0.673 e. The molecule has 4 aliphatic rings. The van der Waals surface area contributed by atoms with Gasteiger partial charge in [0.1, 0.15) is 22.0 Å². The van der Waals surface area contributed by atoms with E-state index in [0.717, 1.165) is 29.8 Å². The molecule has 2 aromatic rings. The number of benzene rings is 2. The lowest BCUT2D eigenvalue weighted by Crippen LogP contribution is -2.53. The van der Waals surface area contributed by atoms with E-state index >= 15 is 0 Å². The molecule has 1 saturated heterocycles. The van der Waals surface area contributed by atoms with E-state index in [1.807, 2.05) is 0 Å². The minimum Gasteiger partial charge on any atom is -0.418 e. The van der Waals surface area contributed by atoms with Gasteiger partial charge in [-0.15, -0.1) is 0 Å². The number of carbonyl (C=O) groups is 1. The van der Waals surface area contributed by atoms with E-state index in [-0.39, 0.29) is 10.8 Å². The second kappa shape index (κ2) is 9.94. The maximum absolute atomic E-state index is 13.6. The van der Waals surface area contributed by atoms with Gasteiger partial charge in [-0.3, -0.25) is 4.79 Å². The van der Waals surface area contributed by atoms with Gasteiger partial charge in [-0.05, 0) is 70.7 Å². The Balaban J connectivity index is 0.000000514. The fraction of sp³-hybridized carbons (Fsp3) is 0.500. The summed E-state index contributed by atoms with van der Waals surface area (Å²) < 4.78 is 39.0. The van der Waals surface area contributed by atoms with Crippen molar-refractivity contribution in [1.29, 1.82) is 0 Å². The van der Waals surface area contributed by atoms with Crippen LogP contribution in [0.5, 0.6) is 0 Å². The Kier molecular flexibility index (Phi) is 7.14. The first kappa shape index (κ1) is 26.6. The summed E-state index contributed by atoms with van der Waals surface area (Å²) in [6.07, 6.45) is 9.96. The third-order valence-corrected chi connectivity index (χ3v) is 13.0. The van der Waals surface area contributed by atoms with Crippen molar-refractivity contribution in [3.05, 3.63) is 77.9 Å². The van der Waals surface area contributed by atoms with Crippen LogP contribution in [0.3, 0.4) is 0 Å². The molecular weight excluding hydrogens is 495 g/mol. The molecule has 6 atom stereocenters. The number of hydrogen-bond acceptors (Lipinski definition) is 1. The summed E-state index contributed by atoms with van der Waals surface area (Å²) in [5.41, 5.74) is 4.13. The minimum absolute atomic E-state index is 0.0336. The number of ketones is 1. The van der Waals surface area contributed by atoms with Gasteiger partial charge >= 0.3 is 7.25 Å². The van der Waals surface area contributed by atoms with E-state index in [9.17, 15) is 22.1 Å². The van der Waals surface area contributed by atoms with Crippen molar-refractivity contribution >= 4 is 29.5 Å². The molecule has 1 nitrogen and oxygen atoms in total. The zero-order chi connectivity index (χ0) is 26.4. The maximum Gasteiger partial charge on any atom is 0.673 e. The highest BCUT2D eigenvalue weighted by molar-refractivity contribution is 7.98. The molecule has 1 heterocycles. The molecule has 0 N–H and O–H groups in total. The highest BCUT2D eigenvalue weighted by Crippen LogP contribution is 2.70. The summed E-state index contributed by atoms with van der Waals surface area (Å²) in [6.45, 7) is 4.89. The van der Waals surface area contributed by atoms with Gasteiger partial charge in [0, 0.05) is 18.8 Å². The fourth-order valence-corrected chi connectivity index (χ4v) is 12.1. The van der Waals surface area contributed by atoms with Crippen molar-refractivity contribution in [3.63, 3.8) is 0 Å². The molecule has 0 spiro atoms. The molecule has 3 saturated carbocycles. The van der Waals surface area contributed by atoms with Crippen LogP contribution < -0.4 is 0 Å². The third kappa shape index (κ3) is 4.81. The fourth-order valence-electron chi connectivity index (χ4n) is 8.07. The molecule has 1 aliphatic heterocycles. The van der Waals surface area contributed by atoms with Crippen molar-refractivity contribution in [2.24, 2.45) is 22.7 Å². The second-order valence-corrected chi connectivity index (χ2v) is 14.1. The predicted molar refractivity (Wildman–Crippen MR) is 146 cm³/mol. The SMILES string of the molecule is CC1(C)[C@@H]2CC[C@@]1([C@@H]1[C@@H]3CC[C@@H](C3)[S+]1CC=C(c1ccccc1)c1ccccc1)C(=O)C2.F[B-](F)(F)F. The van der Waals surface area contributed by atoms with Gasteiger partial charge in [-0.2, -0.15) is 0 Å². The molecule has 198 valence electrons. The Bertz CT molecular complexity index is 1100. The molecule has 6 rings (SSSR count). The minimum atomic E-state index is -6.00. The van der Waals surface area contributed by atoms with Crippen molar-refractivity contribution in [2.45, 2.75) is 62.9 Å². The van der Waals surface area contributed by atoms with Crippen molar-refractivity contribution in [1.82, 2.24) is 0 Å². The van der Waals surface area contributed by atoms with Crippen LogP contribution in [0.1, 0.15) is 63.5 Å². The molecule has 3 aliphatic carbocycles. The van der Waals surface area contributed by atoms with Gasteiger partial charge in [0.15, 0.2) is 0 Å². The highest BCUT2D eigenvalue weighted by Gasteiger charge is 2.75. The smallest absolute Gasteiger partial charge is 0.418 e. The van der Waals surface area contributed by atoms with Gasteiger partial charge in [-0.1, -0.05) is 74.5 Å². The standard InChI is InChI=1S/C30H35OS.BF4/c1-29(2)24-15-17-30(29,27(31)20-24)28-23-13-14-25(19-23)32(28)18-16-26(21-9-5-3-6-10-21)22-11-7-4-8-12-22;2-1(3,4)5/h3-12,16,23-25,28H,13-15,17-20H2,1-2H3;/q+1;-1/t23-,24-,25+,28+,30+,32?;/m1./s1. The van der Waals surface area contributed by atoms with Crippen molar-refractivity contribution in [3.8, 4) is 0 Å². The lowest BCUT2D eigenvalue weighted by Gasteiger charge is -2.43. The van der Waals surface area contributed by atoms with Crippen LogP contribution in [0, 0.1) is 22.7 Å². The molecule has 37 heavy (non-hydrogen) atoms. The summed E-state index contributed by atoms with van der Waals surface area (Å²) in [5, 5.41) is 1.46. The lowest BCUT2D eigenvalue weighted by molar-refractivity contribution is -0.130. The Morgan fingerprint density at radius 1 is 0.946 bits per heavy atom. The Labute approximate surface area is 220 Å². The van der Waals surface area contributed by atoms with E-state index in [0.29, 0.717) is 27.8 Å². The first-order valence-corrected chi connectivity index (χ1v) is 14.9. The molecule has 0 radical (unpaired) electrons. The topological polar surface area (TPSA) is 17.1 Å². The van der Waals surface area contributed by atoms with Crippen LogP contribution >= 0.6 is 0 Å². The summed E-state index contributed by atoms with van der Waals surface area (Å²) in [7, 11) is -5.69. The molecule has 4 bridgehead atoms. The van der Waals surface area contributed by atoms with Gasteiger partial charge in [0.25, 0.3) is 0 Å². The summed E-state index contributed by atoms with van der Waals surface area (Å²) in [5.74, 6) is 3.18. The Morgan fingerprint density at radius 3 is 2.00 bits per heavy atom. The number of Topliss-reactive ketones (excluding diaryl/α,β-unsaturated/α-hetero) is 1. The predicted octanol–water partition coefficient (Wildman–Crippen LogP) is 7.98. The zero-order valence-corrected chi connectivity index (χ0v) is 22.3. The van der Waals surface area contributed by atoms with E-state index in [1.165, 1.54) is 42.4 Å². The lowest BCUT2D eigenvalue weighted by atomic mass is 9.64. The van der Waals surface area contributed by atoms with Crippen LogP contribution in [0.4, 0.5) is 17.3 Å². The quantitative estimate of drug-likeness (QED) is 0.218. The number of hydrogen-bond donors (Lipinski definition) is 0. The monoisotopic (exact) mass is 530 g/mol. The molecular formula is C30H35BF4OS. The first-order valence-electron chi connectivity index (χ1n) is 13.4. The van der Waals surface area contributed by atoms with Crippen LogP contribution in [0.2, 0.25) is 0 Å². The van der Waals surface area contributed by atoms with Crippen LogP contribution in [0.15, 0.2) is 66.7 Å². The van der Waals surface area contributed by atoms with Crippen LogP contribution in [-0.4, -0.2) is 29.3 Å². The first-order chi connectivity index (χ1) is 17.5. The van der Waals surface area contributed by atoms with E-state index in [4.69, 9.17) is 0 Å². The zero-order valence-electron chi connectivity index (χ0n) is 21.5. The molecule has 0 aromatic heterocycles. The Hall–Kier alpha value is -2.02. The molecule has 1 unspecified atom stereocenters. The highest BCUT2D eigenvalue weighted by atomic mass is 32.2. The summed E-state index contributed by atoms with van der Waals surface area (Å²) in [6, 6.07) is 21.7. The van der Waals surface area contributed by atoms with Crippen molar-refractivity contribution < 1.29 is 22.1 Å². The average Bonchev–Trinajstić information content (AvgIpc) is 3.57. The normalized spacial score (nSPS) is 33.2. The third-order valence-electron chi connectivity index (χ3n) is 9.73. The molecule has 0 amide bonds. The van der Waals surface area contributed by atoms with Gasteiger partial charge < -0.3 is 17.3 Å². The van der Waals surface area contributed by atoms with Gasteiger partial charge in [-0.25, -0.2) is 0 Å². The van der Waals surface area contributed by atoms with Gasteiger partial charge in [0.05, 0.1) is 5.41 Å². The Morgan fingerprint density at radius 2 is 1.51 bits per heavy atom. The summed E-state index contributed by atoms with van der Waals surface area (Å²) in [4.78, 5) is 13.6. The number of halogens is 4. The van der Waals surface area contributed by atoms with E-state index in [1.54, 1.807) is 0 Å². The van der Waals surface area contributed by atoms with Crippen LogP contribution in [-0.2, 0) is 15.7 Å². The maximum atomic E-state index is 13.6. The van der Waals surface area contributed by atoms with Crippen molar-refractivity contribution in [2.75, 3.05) is 5.75 Å². The number of fused-ring (bicyclic) bond motifs is 4. The number of rotatable bonds is 5.